The second-order valence-electron chi connectivity index (χ2n) is 10.2. The standard InChI is InChI=1S/C24H22F6N6O3/c25-23(26,27)10-39-20-17(24(28,29)30)3-12(5-31-20)22(38)36-8-15-13-6-35(7-14(13)16(15)9-36)21(37)11-1-2-18-19(4-11)33-34-32-18/h1-5,13-16,32-34H,6-10H2/t13-,14+,15+,16-. The van der Waals surface area contributed by atoms with Crippen LogP contribution in [0.3, 0.4) is 0 Å². The molecule has 1 aliphatic carbocycles. The van der Waals surface area contributed by atoms with Crippen molar-refractivity contribution in [1.29, 1.82) is 0 Å². The number of rotatable bonds is 4. The van der Waals surface area contributed by atoms with E-state index in [9.17, 15) is 35.9 Å². The molecular weight excluding hydrogens is 534 g/mol. The highest BCUT2D eigenvalue weighted by Crippen LogP contribution is 2.54. The molecule has 3 aliphatic heterocycles. The maximum Gasteiger partial charge on any atom is 0.422 e. The first-order chi connectivity index (χ1) is 18.4. The number of ether oxygens (including phenoxy) is 1. The predicted octanol–water partition coefficient (Wildman–Crippen LogP) is 3.39. The number of hydrazine groups is 2. The highest BCUT2D eigenvalue weighted by Gasteiger charge is 2.59. The molecule has 2 amide bonds. The van der Waals surface area contributed by atoms with Gasteiger partial charge in [-0.05, 0) is 47.9 Å². The van der Waals surface area contributed by atoms with Gasteiger partial charge >= 0.3 is 12.4 Å². The number of alkyl halides is 6. The maximum atomic E-state index is 13.5. The summed E-state index contributed by atoms with van der Waals surface area (Å²) in [5, 5.41) is 0. The summed E-state index contributed by atoms with van der Waals surface area (Å²) in [4.78, 5) is 32.8. The molecule has 2 aromatic rings. The van der Waals surface area contributed by atoms with Crippen molar-refractivity contribution in [2.24, 2.45) is 23.7 Å². The van der Waals surface area contributed by atoms with Gasteiger partial charge in [0.2, 0.25) is 5.88 Å². The molecule has 9 nitrogen and oxygen atoms in total. The second-order valence-corrected chi connectivity index (χ2v) is 10.2. The minimum absolute atomic E-state index is 0.0921. The summed E-state index contributed by atoms with van der Waals surface area (Å²) in [7, 11) is 0. The van der Waals surface area contributed by atoms with E-state index in [-0.39, 0.29) is 35.1 Å². The molecule has 3 fully saturated rings. The van der Waals surface area contributed by atoms with Crippen LogP contribution in [0.5, 0.6) is 5.88 Å². The van der Waals surface area contributed by atoms with Gasteiger partial charge < -0.3 is 25.4 Å². The summed E-state index contributed by atoms with van der Waals surface area (Å²) >= 11 is 0. The van der Waals surface area contributed by atoms with Gasteiger partial charge in [0.25, 0.3) is 11.8 Å². The molecule has 0 radical (unpaired) electrons. The molecule has 1 saturated carbocycles. The van der Waals surface area contributed by atoms with E-state index in [0.29, 0.717) is 37.8 Å². The zero-order valence-corrected chi connectivity index (χ0v) is 20.1. The number of likely N-dealkylation sites (tertiary alicyclic amines) is 2. The maximum absolute atomic E-state index is 13.5. The Balaban J connectivity index is 1.11. The lowest BCUT2D eigenvalue weighted by Crippen LogP contribution is -2.44. The van der Waals surface area contributed by atoms with Gasteiger partial charge in [-0.25, -0.2) is 4.98 Å². The minimum Gasteiger partial charge on any atom is -0.468 e. The summed E-state index contributed by atoms with van der Waals surface area (Å²) in [5.41, 5.74) is 8.80. The first-order valence-electron chi connectivity index (χ1n) is 12.2. The zero-order chi connectivity index (χ0) is 27.7. The van der Waals surface area contributed by atoms with E-state index >= 15 is 0 Å². The van der Waals surface area contributed by atoms with Crippen molar-refractivity contribution in [2.45, 2.75) is 12.4 Å². The van der Waals surface area contributed by atoms with E-state index in [4.69, 9.17) is 0 Å². The average molecular weight is 556 g/mol. The monoisotopic (exact) mass is 556 g/mol. The molecule has 0 spiro atoms. The van der Waals surface area contributed by atoms with Gasteiger partial charge in [0.1, 0.15) is 5.56 Å². The van der Waals surface area contributed by atoms with Gasteiger partial charge in [-0.15, -0.1) is 5.53 Å². The number of hydrogen-bond donors (Lipinski definition) is 3. The Kier molecular flexibility index (Phi) is 5.82. The van der Waals surface area contributed by atoms with Crippen LogP contribution in [-0.4, -0.2) is 65.6 Å². The van der Waals surface area contributed by atoms with E-state index in [1.165, 1.54) is 4.90 Å². The Morgan fingerprint density at radius 1 is 0.846 bits per heavy atom. The summed E-state index contributed by atoms with van der Waals surface area (Å²) in [6.45, 7) is -0.246. The number of carbonyl (C=O) groups is 2. The molecule has 1 aromatic heterocycles. The highest BCUT2D eigenvalue weighted by atomic mass is 19.4. The summed E-state index contributed by atoms with van der Waals surface area (Å²) in [6, 6.07) is 5.79. The number of amides is 2. The van der Waals surface area contributed by atoms with Crippen molar-refractivity contribution in [3.63, 3.8) is 0 Å². The van der Waals surface area contributed by atoms with Crippen LogP contribution in [0.2, 0.25) is 0 Å². The van der Waals surface area contributed by atoms with Crippen LogP contribution in [0.4, 0.5) is 37.7 Å². The number of fused-ring (bicyclic) bond motifs is 5. The Morgan fingerprint density at radius 2 is 1.41 bits per heavy atom. The minimum atomic E-state index is -5.07. The van der Waals surface area contributed by atoms with Gasteiger partial charge in [0, 0.05) is 37.9 Å². The molecule has 39 heavy (non-hydrogen) atoms. The molecular formula is C24H22F6N6O3. The molecule has 0 unspecified atom stereocenters. The van der Waals surface area contributed by atoms with Crippen LogP contribution in [0, 0.1) is 23.7 Å². The smallest absolute Gasteiger partial charge is 0.422 e. The molecule has 3 N–H and O–H groups in total. The molecule has 1 aromatic carbocycles. The number of halogens is 6. The fourth-order valence-electron chi connectivity index (χ4n) is 6.16. The number of aromatic nitrogens is 1. The number of hydrogen-bond acceptors (Lipinski definition) is 7. The van der Waals surface area contributed by atoms with Crippen molar-refractivity contribution < 1.29 is 40.7 Å². The van der Waals surface area contributed by atoms with E-state index in [0.717, 1.165) is 17.6 Å². The van der Waals surface area contributed by atoms with E-state index in [2.05, 4.69) is 26.1 Å². The Labute approximate surface area is 217 Å². The Bertz CT molecular complexity index is 1310. The third kappa shape index (κ3) is 4.57. The fraction of sp³-hybridized carbons (Fsp3) is 0.458. The highest BCUT2D eigenvalue weighted by molar-refractivity contribution is 5.97. The van der Waals surface area contributed by atoms with Crippen LogP contribution < -0.4 is 21.1 Å². The van der Waals surface area contributed by atoms with Crippen molar-refractivity contribution in [2.75, 3.05) is 43.6 Å². The predicted molar refractivity (Wildman–Crippen MR) is 123 cm³/mol. The van der Waals surface area contributed by atoms with E-state index in [1.54, 1.807) is 23.1 Å². The quantitative estimate of drug-likeness (QED) is 0.497. The Morgan fingerprint density at radius 3 is 1.97 bits per heavy atom. The first-order valence-corrected chi connectivity index (χ1v) is 12.2. The third-order valence-corrected chi connectivity index (χ3v) is 7.94. The molecule has 6 rings (SSSR count). The molecule has 4 aliphatic rings. The lowest BCUT2D eigenvalue weighted by molar-refractivity contribution is -0.159. The first kappa shape index (κ1) is 25.5. The topological polar surface area (TPSA) is 98.8 Å². The molecule has 2 saturated heterocycles. The van der Waals surface area contributed by atoms with E-state index < -0.39 is 36.3 Å². The van der Waals surface area contributed by atoms with Gasteiger partial charge in [0.05, 0.1) is 16.9 Å². The van der Waals surface area contributed by atoms with Crippen LogP contribution in [0.25, 0.3) is 0 Å². The Hall–Kier alpha value is -3.75. The summed E-state index contributed by atoms with van der Waals surface area (Å²) in [6.07, 6.45) is -9.11. The third-order valence-electron chi connectivity index (χ3n) is 7.94. The lowest BCUT2D eigenvalue weighted by atomic mass is 9.60. The van der Waals surface area contributed by atoms with Gasteiger partial charge in [-0.2, -0.15) is 26.3 Å². The van der Waals surface area contributed by atoms with Crippen molar-refractivity contribution >= 4 is 23.2 Å². The zero-order valence-electron chi connectivity index (χ0n) is 20.1. The molecule has 208 valence electrons. The van der Waals surface area contributed by atoms with Crippen LogP contribution in [0.15, 0.2) is 30.5 Å². The van der Waals surface area contributed by atoms with Gasteiger partial charge in [0.15, 0.2) is 6.61 Å². The van der Waals surface area contributed by atoms with Gasteiger partial charge in [-0.3, -0.25) is 9.59 Å². The number of anilines is 2. The number of nitrogens with zero attached hydrogens (tertiary/aromatic N) is 3. The van der Waals surface area contributed by atoms with Crippen LogP contribution >= 0.6 is 0 Å². The van der Waals surface area contributed by atoms with Crippen molar-refractivity contribution in [1.82, 2.24) is 20.3 Å². The normalized spacial score (nSPS) is 25.3. The number of pyridine rings is 1. The summed E-state index contributed by atoms with van der Waals surface area (Å²) < 4.78 is 82.1. The second kappa shape index (κ2) is 8.89. The lowest BCUT2D eigenvalue weighted by Gasteiger charge is -2.42. The largest absolute Gasteiger partial charge is 0.468 e. The molecule has 4 atom stereocenters. The van der Waals surface area contributed by atoms with Gasteiger partial charge in [-0.1, -0.05) is 0 Å². The number of nitrogens with one attached hydrogen (secondary N) is 3. The fourth-order valence-corrected chi connectivity index (χ4v) is 6.16. The average Bonchev–Trinajstić information content (AvgIpc) is 3.59. The number of benzene rings is 1. The molecule has 0 bridgehead atoms. The SMILES string of the molecule is O=C(c1ccc2c(c1)NNN2)N1C[C@@H]2[C@H](C1)[C@H]1CN(C(=O)c3cnc(OCC(F)(F)F)c(C(F)(F)F)c3)C[C@@H]21. The summed E-state index contributed by atoms with van der Waals surface area (Å²) in [5.74, 6) is -1.44. The van der Waals surface area contributed by atoms with Crippen LogP contribution in [0.1, 0.15) is 26.3 Å². The number of carbonyl (C=O) groups excluding carboxylic acids is 2. The molecule has 4 heterocycles. The van der Waals surface area contributed by atoms with Crippen LogP contribution in [-0.2, 0) is 6.18 Å². The van der Waals surface area contributed by atoms with Crippen molar-refractivity contribution in [3.8, 4) is 5.88 Å². The van der Waals surface area contributed by atoms with Crippen molar-refractivity contribution in [3.05, 3.63) is 47.2 Å². The van der Waals surface area contributed by atoms with E-state index in [1.807, 2.05) is 0 Å². The molecule has 15 heteroatoms.